The molecule has 1 rings (SSSR count). The van der Waals surface area contributed by atoms with Crippen molar-refractivity contribution in [2.45, 2.75) is 32.6 Å². The molecule has 1 aliphatic rings. The summed E-state index contributed by atoms with van der Waals surface area (Å²) in [6.45, 7) is 4.64. The van der Waals surface area contributed by atoms with Crippen LogP contribution < -0.4 is 5.32 Å². The van der Waals surface area contributed by atoms with Crippen molar-refractivity contribution >= 4 is 0 Å². The van der Waals surface area contributed by atoms with Crippen LogP contribution in [-0.4, -0.2) is 13.1 Å². The molecule has 0 aromatic carbocycles. The zero-order valence-electron chi connectivity index (χ0n) is 6.82. The van der Waals surface area contributed by atoms with Gasteiger partial charge in [0, 0.05) is 0 Å². The van der Waals surface area contributed by atoms with E-state index in [4.69, 9.17) is 0 Å². The Bertz CT molecular complexity index is 116. The summed E-state index contributed by atoms with van der Waals surface area (Å²) in [4.78, 5) is 0. The van der Waals surface area contributed by atoms with Crippen molar-refractivity contribution in [1.29, 1.82) is 0 Å². The molecule has 58 valence electrons. The van der Waals surface area contributed by atoms with Gasteiger partial charge in [0.2, 0.25) is 0 Å². The third-order valence-electron chi connectivity index (χ3n) is 1.98. The van der Waals surface area contributed by atoms with Crippen LogP contribution in [0.15, 0.2) is 11.6 Å². The van der Waals surface area contributed by atoms with E-state index in [9.17, 15) is 0 Å². The van der Waals surface area contributed by atoms with Crippen LogP contribution in [0.3, 0.4) is 0 Å². The van der Waals surface area contributed by atoms with Crippen LogP contribution in [0, 0.1) is 0 Å². The van der Waals surface area contributed by atoms with E-state index >= 15 is 0 Å². The SMILES string of the molecule is C/C1=C\CCCNCCC1. The Hall–Kier alpha value is -0.300. The Kier molecular flexibility index (Phi) is 3.52. The molecule has 1 N–H and O–H groups in total. The smallest absolute Gasteiger partial charge is 0.00459 e. The summed E-state index contributed by atoms with van der Waals surface area (Å²) in [7, 11) is 0. The minimum Gasteiger partial charge on any atom is -0.317 e. The first kappa shape index (κ1) is 7.80. The van der Waals surface area contributed by atoms with Gasteiger partial charge in [0.1, 0.15) is 0 Å². The molecule has 0 unspecified atom stereocenters. The average molecular weight is 139 g/mol. The topological polar surface area (TPSA) is 12.0 Å². The number of hydrogen-bond donors (Lipinski definition) is 1. The van der Waals surface area contributed by atoms with Crippen molar-refractivity contribution in [3.63, 3.8) is 0 Å². The summed E-state index contributed by atoms with van der Waals surface area (Å²) in [5, 5.41) is 3.41. The van der Waals surface area contributed by atoms with Crippen LogP contribution in [0.5, 0.6) is 0 Å². The fraction of sp³-hybridized carbons (Fsp3) is 0.778. The molecule has 1 nitrogen and oxygen atoms in total. The molecule has 0 aliphatic carbocycles. The zero-order chi connectivity index (χ0) is 7.23. The second-order valence-corrected chi connectivity index (χ2v) is 3.05. The first-order valence-electron chi connectivity index (χ1n) is 4.26. The Morgan fingerprint density at radius 2 is 2.10 bits per heavy atom. The highest BCUT2D eigenvalue weighted by Crippen LogP contribution is 2.06. The summed E-state index contributed by atoms with van der Waals surface area (Å²) in [5.74, 6) is 0. The monoisotopic (exact) mass is 139 g/mol. The van der Waals surface area contributed by atoms with Gasteiger partial charge in [-0.1, -0.05) is 11.6 Å². The standard InChI is InChI=1S/C9H17N/c1-9-5-2-3-7-10-8-4-6-9/h5,10H,2-4,6-8H2,1H3/b9-5+. The Balaban J connectivity index is 2.29. The Labute approximate surface area is 63.5 Å². The second-order valence-electron chi connectivity index (χ2n) is 3.05. The second kappa shape index (κ2) is 4.51. The van der Waals surface area contributed by atoms with E-state index in [1.807, 2.05) is 0 Å². The van der Waals surface area contributed by atoms with E-state index in [0.717, 1.165) is 0 Å². The zero-order valence-corrected chi connectivity index (χ0v) is 6.82. The van der Waals surface area contributed by atoms with Gasteiger partial charge < -0.3 is 5.32 Å². The molecule has 0 atom stereocenters. The molecule has 0 saturated heterocycles. The maximum Gasteiger partial charge on any atom is -0.00459 e. The molecule has 0 spiro atoms. The van der Waals surface area contributed by atoms with E-state index in [1.54, 1.807) is 5.57 Å². The lowest BCUT2D eigenvalue weighted by Gasteiger charge is -1.99. The van der Waals surface area contributed by atoms with Gasteiger partial charge >= 0.3 is 0 Å². The van der Waals surface area contributed by atoms with Crippen molar-refractivity contribution < 1.29 is 0 Å². The van der Waals surface area contributed by atoms with Gasteiger partial charge in [-0.3, -0.25) is 0 Å². The van der Waals surface area contributed by atoms with Crippen LogP contribution >= 0.6 is 0 Å². The minimum absolute atomic E-state index is 1.20. The summed E-state index contributed by atoms with van der Waals surface area (Å²) in [6.07, 6.45) is 7.54. The van der Waals surface area contributed by atoms with Gasteiger partial charge in [-0.25, -0.2) is 0 Å². The highest BCUT2D eigenvalue weighted by atomic mass is 14.8. The molecule has 0 amide bonds. The third kappa shape index (κ3) is 3.02. The quantitative estimate of drug-likeness (QED) is 0.507. The van der Waals surface area contributed by atoms with Crippen LogP contribution in [0.4, 0.5) is 0 Å². The van der Waals surface area contributed by atoms with Gasteiger partial charge in [0.05, 0.1) is 0 Å². The predicted octanol–water partition coefficient (Wildman–Crippen LogP) is 2.10. The number of hydrogen-bond acceptors (Lipinski definition) is 1. The van der Waals surface area contributed by atoms with Crippen molar-refractivity contribution in [1.82, 2.24) is 5.32 Å². The summed E-state index contributed by atoms with van der Waals surface area (Å²) >= 11 is 0. The normalized spacial score (nSPS) is 27.5. The van der Waals surface area contributed by atoms with Crippen LogP contribution in [0.1, 0.15) is 32.6 Å². The molecular formula is C9H17N. The number of allylic oxidation sites excluding steroid dienone is 2. The maximum absolute atomic E-state index is 3.41. The molecule has 0 aromatic heterocycles. The Morgan fingerprint density at radius 1 is 1.30 bits per heavy atom. The van der Waals surface area contributed by atoms with Crippen molar-refractivity contribution in [3.8, 4) is 0 Å². The molecule has 1 heteroatoms. The van der Waals surface area contributed by atoms with Gasteiger partial charge in [-0.15, -0.1) is 0 Å². The molecule has 0 saturated carbocycles. The highest BCUT2D eigenvalue weighted by molar-refractivity contribution is 4.98. The fourth-order valence-electron chi connectivity index (χ4n) is 1.29. The third-order valence-corrected chi connectivity index (χ3v) is 1.98. The van der Waals surface area contributed by atoms with E-state index in [0.29, 0.717) is 0 Å². The summed E-state index contributed by atoms with van der Waals surface area (Å²) in [5.41, 5.74) is 1.57. The first-order chi connectivity index (χ1) is 4.89. The minimum atomic E-state index is 1.20. The van der Waals surface area contributed by atoms with E-state index in [2.05, 4.69) is 18.3 Å². The largest absolute Gasteiger partial charge is 0.317 e. The molecule has 0 aromatic rings. The van der Waals surface area contributed by atoms with E-state index in [1.165, 1.54) is 38.8 Å². The van der Waals surface area contributed by atoms with Gasteiger partial charge in [-0.2, -0.15) is 0 Å². The predicted molar refractivity (Wildman–Crippen MR) is 45.1 cm³/mol. The summed E-state index contributed by atoms with van der Waals surface area (Å²) < 4.78 is 0. The molecular weight excluding hydrogens is 122 g/mol. The molecule has 0 fully saturated rings. The lowest BCUT2D eigenvalue weighted by molar-refractivity contribution is 0.637. The first-order valence-corrected chi connectivity index (χ1v) is 4.26. The molecule has 1 aliphatic heterocycles. The van der Waals surface area contributed by atoms with Crippen LogP contribution in [0.25, 0.3) is 0 Å². The number of nitrogens with one attached hydrogen (secondary N) is 1. The molecule has 0 radical (unpaired) electrons. The number of rotatable bonds is 0. The summed E-state index contributed by atoms with van der Waals surface area (Å²) in [6, 6.07) is 0. The van der Waals surface area contributed by atoms with Gasteiger partial charge in [-0.05, 0) is 45.7 Å². The average Bonchev–Trinajstić information content (AvgIpc) is 2.02. The lowest BCUT2D eigenvalue weighted by Crippen LogP contribution is -2.15. The Morgan fingerprint density at radius 3 is 3.00 bits per heavy atom. The van der Waals surface area contributed by atoms with Gasteiger partial charge in [0.25, 0.3) is 0 Å². The van der Waals surface area contributed by atoms with Crippen molar-refractivity contribution in [3.05, 3.63) is 11.6 Å². The van der Waals surface area contributed by atoms with E-state index < -0.39 is 0 Å². The maximum atomic E-state index is 3.41. The molecule has 10 heavy (non-hydrogen) atoms. The van der Waals surface area contributed by atoms with Crippen LogP contribution in [0.2, 0.25) is 0 Å². The van der Waals surface area contributed by atoms with E-state index in [-0.39, 0.29) is 0 Å². The van der Waals surface area contributed by atoms with Crippen molar-refractivity contribution in [2.24, 2.45) is 0 Å². The van der Waals surface area contributed by atoms with Gasteiger partial charge in [0.15, 0.2) is 0 Å². The lowest BCUT2D eigenvalue weighted by atomic mass is 10.1. The highest BCUT2D eigenvalue weighted by Gasteiger charge is 1.94. The molecule has 1 heterocycles. The van der Waals surface area contributed by atoms with Crippen LogP contribution in [-0.2, 0) is 0 Å². The van der Waals surface area contributed by atoms with Crippen molar-refractivity contribution in [2.75, 3.05) is 13.1 Å². The molecule has 0 bridgehead atoms. The fourth-order valence-corrected chi connectivity index (χ4v) is 1.29.